The summed E-state index contributed by atoms with van der Waals surface area (Å²) < 4.78 is 0. The van der Waals surface area contributed by atoms with E-state index in [0.29, 0.717) is 15.7 Å². The van der Waals surface area contributed by atoms with Gasteiger partial charge in [0.1, 0.15) is 0 Å². The van der Waals surface area contributed by atoms with Crippen LogP contribution >= 0.6 is 23.2 Å². The van der Waals surface area contributed by atoms with E-state index in [4.69, 9.17) is 23.2 Å². The Labute approximate surface area is 106 Å². The van der Waals surface area contributed by atoms with Crippen LogP contribution in [0.4, 0.5) is 5.69 Å². The standard InChI is InChI=1S/C12H15Cl2NO/c1-3-4-8(2)12(16)15-11-6-9(13)5-10(14)7-11/h5-8H,3-4H2,1-2H3,(H,15,16). The summed E-state index contributed by atoms with van der Waals surface area (Å²) in [4.78, 5) is 11.7. The molecule has 2 nitrogen and oxygen atoms in total. The molecule has 0 aromatic heterocycles. The van der Waals surface area contributed by atoms with Crippen molar-refractivity contribution >= 4 is 34.8 Å². The van der Waals surface area contributed by atoms with E-state index >= 15 is 0 Å². The van der Waals surface area contributed by atoms with Crippen molar-refractivity contribution in [3.8, 4) is 0 Å². The lowest BCUT2D eigenvalue weighted by atomic mass is 10.1. The third-order valence-electron chi connectivity index (χ3n) is 2.30. The van der Waals surface area contributed by atoms with E-state index < -0.39 is 0 Å². The average Bonchev–Trinajstić information content (AvgIpc) is 2.16. The van der Waals surface area contributed by atoms with Crippen LogP contribution in [-0.2, 0) is 4.79 Å². The van der Waals surface area contributed by atoms with Crippen LogP contribution in [-0.4, -0.2) is 5.91 Å². The van der Waals surface area contributed by atoms with E-state index in [1.54, 1.807) is 18.2 Å². The van der Waals surface area contributed by atoms with Crippen LogP contribution in [0.5, 0.6) is 0 Å². The Hall–Kier alpha value is -0.730. The first-order valence-corrected chi connectivity index (χ1v) is 6.05. The summed E-state index contributed by atoms with van der Waals surface area (Å²) in [5.74, 6) is 0.00272. The summed E-state index contributed by atoms with van der Waals surface area (Å²) in [6, 6.07) is 5.00. The Morgan fingerprint density at radius 3 is 2.38 bits per heavy atom. The highest BCUT2D eigenvalue weighted by atomic mass is 35.5. The maximum Gasteiger partial charge on any atom is 0.227 e. The quantitative estimate of drug-likeness (QED) is 0.855. The van der Waals surface area contributed by atoms with Gasteiger partial charge in [-0.05, 0) is 24.6 Å². The largest absolute Gasteiger partial charge is 0.326 e. The summed E-state index contributed by atoms with van der Waals surface area (Å²) in [7, 11) is 0. The van der Waals surface area contributed by atoms with Crippen molar-refractivity contribution in [2.24, 2.45) is 5.92 Å². The summed E-state index contributed by atoms with van der Waals surface area (Å²) in [6.07, 6.45) is 1.87. The molecule has 0 saturated heterocycles. The van der Waals surface area contributed by atoms with Crippen molar-refractivity contribution in [3.63, 3.8) is 0 Å². The molecule has 1 N–H and O–H groups in total. The zero-order chi connectivity index (χ0) is 12.1. The van der Waals surface area contributed by atoms with E-state index in [2.05, 4.69) is 12.2 Å². The van der Waals surface area contributed by atoms with Gasteiger partial charge < -0.3 is 5.32 Å². The molecule has 0 aliphatic rings. The maximum absolute atomic E-state index is 11.7. The van der Waals surface area contributed by atoms with Crippen LogP contribution in [0.25, 0.3) is 0 Å². The van der Waals surface area contributed by atoms with Gasteiger partial charge in [0.05, 0.1) is 0 Å². The fourth-order valence-electron chi connectivity index (χ4n) is 1.46. The van der Waals surface area contributed by atoms with Crippen molar-refractivity contribution in [2.75, 3.05) is 5.32 Å². The van der Waals surface area contributed by atoms with Crippen LogP contribution < -0.4 is 5.32 Å². The van der Waals surface area contributed by atoms with Crippen LogP contribution in [0.3, 0.4) is 0 Å². The molecule has 1 rings (SSSR count). The number of hydrogen-bond donors (Lipinski definition) is 1. The molecule has 1 aromatic carbocycles. The first kappa shape index (κ1) is 13.3. The molecule has 1 atom stereocenters. The molecule has 0 radical (unpaired) electrons. The zero-order valence-electron chi connectivity index (χ0n) is 9.39. The lowest BCUT2D eigenvalue weighted by Crippen LogP contribution is -2.20. The van der Waals surface area contributed by atoms with Crippen molar-refractivity contribution in [2.45, 2.75) is 26.7 Å². The van der Waals surface area contributed by atoms with Crippen molar-refractivity contribution in [3.05, 3.63) is 28.2 Å². The summed E-state index contributed by atoms with van der Waals surface area (Å²) in [6.45, 7) is 3.96. The van der Waals surface area contributed by atoms with E-state index in [1.807, 2.05) is 6.92 Å². The average molecular weight is 260 g/mol. The van der Waals surface area contributed by atoms with Gasteiger partial charge in [-0.2, -0.15) is 0 Å². The van der Waals surface area contributed by atoms with Crippen molar-refractivity contribution in [1.29, 1.82) is 0 Å². The Balaban J connectivity index is 2.69. The lowest BCUT2D eigenvalue weighted by Gasteiger charge is -2.11. The molecule has 0 bridgehead atoms. The van der Waals surface area contributed by atoms with Gasteiger partial charge in [-0.15, -0.1) is 0 Å². The summed E-state index contributed by atoms with van der Waals surface area (Å²) >= 11 is 11.7. The number of hydrogen-bond acceptors (Lipinski definition) is 1. The third-order valence-corrected chi connectivity index (χ3v) is 2.74. The molecular formula is C12H15Cl2NO. The van der Waals surface area contributed by atoms with E-state index in [9.17, 15) is 4.79 Å². The van der Waals surface area contributed by atoms with Crippen LogP contribution in [0.1, 0.15) is 26.7 Å². The van der Waals surface area contributed by atoms with Crippen molar-refractivity contribution < 1.29 is 4.79 Å². The van der Waals surface area contributed by atoms with Gasteiger partial charge in [0, 0.05) is 21.7 Å². The first-order chi connectivity index (χ1) is 7.52. The Bertz CT molecular complexity index is 359. The second-order valence-electron chi connectivity index (χ2n) is 3.84. The maximum atomic E-state index is 11.7. The second-order valence-corrected chi connectivity index (χ2v) is 4.71. The fraction of sp³-hybridized carbons (Fsp3) is 0.417. The predicted molar refractivity (Wildman–Crippen MR) is 69.2 cm³/mol. The SMILES string of the molecule is CCCC(C)C(=O)Nc1cc(Cl)cc(Cl)c1. The smallest absolute Gasteiger partial charge is 0.227 e. The number of halogens is 2. The number of benzene rings is 1. The minimum absolute atomic E-state index is 0.000170. The van der Waals surface area contributed by atoms with Gasteiger partial charge in [-0.3, -0.25) is 4.79 Å². The highest BCUT2D eigenvalue weighted by molar-refractivity contribution is 6.35. The first-order valence-electron chi connectivity index (χ1n) is 5.30. The van der Waals surface area contributed by atoms with Crippen LogP contribution in [0, 0.1) is 5.92 Å². The highest BCUT2D eigenvalue weighted by Crippen LogP contribution is 2.23. The monoisotopic (exact) mass is 259 g/mol. The second kappa shape index (κ2) is 6.12. The molecule has 0 heterocycles. The van der Waals surface area contributed by atoms with Gasteiger partial charge in [0.25, 0.3) is 0 Å². The zero-order valence-corrected chi connectivity index (χ0v) is 10.9. The number of carbonyl (C=O) groups excluding carboxylic acids is 1. The highest BCUT2D eigenvalue weighted by Gasteiger charge is 2.12. The van der Waals surface area contributed by atoms with Crippen LogP contribution in [0.2, 0.25) is 10.0 Å². The molecule has 0 aliphatic carbocycles. The molecule has 1 aromatic rings. The molecule has 1 amide bonds. The molecule has 0 saturated carbocycles. The summed E-state index contributed by atoms with van der Waals surface area (Å²) in [5.41, 5.74) is 0.644. The lowest BCUT2D eigenvalue weighted by molar-refractivity contribution is -0.119. The van der Waals surface area contributed by atoms with Crippen LogP contribution in [0.15, 0.2) is 18.2 Å². The third kappa shape index (κ3) is 4.03. The molecule has 1 unspecified atom stereocenters. The van der Waals surface area contributed by atoms with Gasteiger partial charge in [-0.25, -0.2) is 0 Å². The van der Waals surface area contributed by atoms with Gasteiger partial charge in [0.15, 0.2) is 0 Å². The molecular weight excluding hydrogens is 245 g/mol. The Morgan fingerprint density at radius 1 is 1.31 bits per heavy atom. The van der Waals surface area contributed by atoms with Gasteiger partial charge in [-0.1, -0.05) is 43.5 Å². The molecule has 4 heteroatoms. The number of anilines is 1. The van der Waals surface area contributed by atoms with E-state index in [-0.39, 0.29) is 11.8 Å². The normalized spacial score (nSPS) is 12.2. The molecule has 0 spiro atoms. The van der Waals surface area contributed by atoms with Gasteiger partial charge in [0.2, 0.25) is 5.91 Å². The molecule has 0 fully saturated rings. The van der Waals surface area contributed by atoms with E-state index in [0.717, 1.165) is 12.8 Å². The number of rotatable bonds is 4. The molecule has 88 valence electrons. The minimum Gasteiger partial charge on any atom is -0.326 e. The molecule has 0 aliphatic heterocycles. The summed E-state index contributed by atoms with van der Waals surface area (Å²) in [5, 5.41) is 3.84. The fourth-order valence-corrected chi connectivity index (χ4v) is 1.98. The number of carbonyl (C=O) groups is 1. The Morgan fingerprint density at radius 2 is 1.88 bits per heavy atom. The minimum atomic E-state index is 0.000170. The van der Waals surface area contributed by atoms with E-state index in [1.165, 1.54) is 0 Å². The molecule has 16 heavy (non-hydrogen) atoms. The van der Waals surface area contributed by atoms with Crippen molar-refractivity contribution in [1.82, 2.24) is 0 Å². The topological polar surface area (TPSA) is 29.1 Å². The van der Waals surface area contributed by atoms with Gasteiger partial charge >= 0.3 is 0 Å². The number of nitrogens with one attached hydrogen (secondary N) is 1. The predicted octanol–water partition coefficient (Wildman–Crippen LogP) is 4.37. The Kier molecular flexibility index (Phi) is 5.10. The number of amides is 1.